The summed E-state index contributed by atoms with van der Waals surface area (Å²) in [5, 5.41) is 2.80. The Kier molecular flexibility index (Phi) is 9.34. The number of hydrogen-bond acceptors (Lipinski definition) is 4. The molecule has 1 fully saturated rings. The number of rotatable bonds is 8. The van der Waals surface area contributed by atoms with Crippen molar-refractivity contribution in [2.75, 3.05) is 25.7 Å². The molecule has 1 saturated heterocycles. The highest BCUT2D eigenvalue weighted by atomic mass is 32.2. The second-order valence-corrected chi connectivity index (χ2v) is 5.97. The van der Waals surface area contributed by atoms with E-state index in [2.05, 4.69) is 24.0 Å². The lowest BCUT2D eigenvalue weighted by Crippen LogP contribution is -2.22. The fourth-order valence-electron chi connectivity index (χ4n) is 1.80. The Morgan fingerprint density at radius 1 is 1.41 bits per heavy atom. The van der Waals surface area contributed by atoms with Gasteiger partial charge in [-0.1, -0.05) is 6.08 Å². The van der Waals surface area contributed by atoms with Gasteiger partial charge in [-0.3, -0.25) is 0 Å². The molecule has 0 saturated carbocycles. The van der Waals surface area contributed by atoms with Gasteiger partial charge in [0.15, 0.2) is 6.29 Å². The first-order valence-corrected chi connectivity index (χ1v) is 8.90. The largest absolute Gasteiger partial charge is 0.353 e. The Labute approximate surface area is 114 Å². The highest BCUT2D eigenvalue weighted by Gasteiger charge is 2.13. The van der Waals surface area contributed by atoms with Crippen LogP contribution in [0.25, 0.3) is 0 Å². The summed E-state index contributed by atoms with van der Waals surface area (Å²) in [5.41, 5.74) is 0. The van der Waals surface area contributed by atoms with Gasteiger partial charge in [-0.15, -0.1) is 11.8 Å². The molecule has 100 valence electrons. The lowest BCUT2D eigenvalue weighted by Gasteiger charge is -2.22. The van der Waals surface area contributed by atoms with Gasteiger partial charge in [0.05, 0.1) is 0 Å². The Balaban J connectivity index is 2.03. The van der Waals surface area contributed by atoms with Gasteiger partial charge in [0.2, 0.25) is 0 Å². The van der Waals surface area contributed by atoms with Crippen molar-refractivity contribution < 1.29 is 9.47 Å². The zero-order valence-electron chi connectivity index (χ0n) is 10.9. The summed E-state index contributed by atoms with van der Waals surface area (Å²) in [6, 6.07) is 0. The minimum absolute atomic E-state index is 0.0678. The monoisotopic (exact) mass is 276 g/mol. The Morgan fingerprint density at radius 3 is 2.94 bits per heavy atom. The maximum absolute atomic E-state index is 5.72. The third kappa shape index (κ3) is 7.39. The van der Waals surface area contributed by atoms with Crippen molar-refractivity contribution >= 4 is 23.5 Å². The molecule has 0 aromatic heterocycles. The van der Waals surface area contributed by atoms with Crippen LogP contribution >= 0.6 is 23.5 Å². The van der Waals surface area contributed by atoms with Crippen molar-refractivity contribution in [3.63, 3.8) is 0 Å². The average molecular weight is 276 g/mol. The highest BCUT2D eigenvalue weighted by Crippen LogP contribution is 2.18. The van der Waals surface area contributed by atoms with E-state index in [9.17, 15) is 0 Å². The summed E-state index contributed by atoms with van der Waals surface area (Å²) < 4.78 is 11.3. The first-order chi connectivity index (χ1) is 8.36. The molecule has 1 heterocycles. The second-order valence-electron chi connectivity index (χ2n) is 4.15. The van der Waals surface area contributed by atoms with Gasteiger partial charge in [0, 0.05) is 18.5 Å². The van der Waals surface area contributed by atoms with E-state index in [0.717, 1.165) is 26.1 Å². The van der Waals surface area contributed by atoms with E-state index in [-0.39, 0.29) is 6.29 Å². The quantitative estimate of drug-likeness (QED) is 0.625. The van der Waals surface area contributed by atoms with Crippen LogP contribution in [0.3, 0.4) is 0 Å². The first-order valence-electron chi connectivity index (χ1n) is 6.32. The van der Waals surface area contributed by atoms with Gasteiger partial charge >= 0.3 is 0 Å². The molecule has 1 aliphatic rings. The Hall–Kier alpha value is 0.360. The maximum atomic E-state index is 5.72. The summed E-state index contributed by atoms with van der Waals surface area (Å²) in [7, 11) is 0. The molecular weight excluding hydrogens is 252 g/mol. The maximum Gasteiger partial charge on any atom is 0.157 e. The van der Waals surface area contributed by atoms with Crippen molar-refractivity contribution in [1.82, 2.24) is 0 Å². The van der Waals surface area contributed by atoms with Crippen molar-refractivity contribution in [3.05, 3.63) is 11.5 Å². The summed E-state index contributed by atoms with van der Waals surface area (Å²) >= 11 is 3.67. The number of hydrogen-bond donors (Lipinski definition) is 0. The van der Waals surface area contributed by atoms with E-state index < -0.39 is 0 Å². The van der Waals surface area contributed by atoms with E-state index in [4.69, 9.17) is 9.47 Å². The molecule has 0 N–H and O–H groups in total. The predicted octanol–water partition coefficient (Wildman–Crippen LogP) is 3.92. The smallest absolute Gasteiger partial charge is 0.157 e. The van der Waals surface area contributed by atoms with Crippen molar-refractivity contribution in [2.45, 2.75) is 43.6 Å². The molecule has 2 nitrogen and oxygen atoms in total. The van der Waals surface area contributed by atoms with Crippen LogP contribution in [0.4, 0.5) is 0 Å². The lowest BCUT2D eigenvalue weighted by atomic mass is 10.2. The van der Waals surface area contributed by atoms with Crippen molar-refractivity contribution in [1.29, 1.82) is 0 Å². The van der Waals surface area contributed by atoms with Gasteiger partial charge in [-0.05, 0) is 50.0 Å². The molecule has 0 aromatic carbocycles. The molecule has 2 atom stereocenters. The summed E-state index contributed by atoms with van der Waals surface area (Å²) in [6.45, 7) is 1.70. The predicted molar refractivity (Wildman–Crippen MR) is 78.7 cm³/mol. The van der Waals surface area contributed by atoms with Crippen LogP contribution in [0.5, 0.6) is 0 Å². The van der Waals surface area contributed by atoms with E-state index in [1.165, 1.54) is 19.3 Å². The van der Waals surface area contributed by atoms with Crippen LogP contribution in [-0.4, -0.2) is 37.3 Å². The average Bonchev–Trinajstić information content (AvgIpc) is 2.39. The fourth-order valence-corrected chi connectivity index (χ4v) is 2.89. The lowest BCUT2D eigenvalue weighted by molar-refractivity contribution is -0.162. The van der Waals surface area contributed by atoms with Crippen LogP contribution in [0.1, 0.15) is 32.1 Å². The topological polar surface area (TPSA) is 18.5 Å². The van der Waals surface area contributed by atoms with Crippen molar-refractivity contribution in [2.24, 2.45) is 0 Å². The molecule has 2 unspecified atom stereocenters. The standard InChI is InChI=1S/C13H24O2S2/c1-16-11-8-12(17-2)6-5-10-15-13-7-3-4-9-14-13/h8,11-13H,3-7,9-10H2,1-2H3. The molecule has 4 heteroatoms. The Bertz CT molecular complexity index is 204. The third-order valence-corrected chi connectivity index (χ3v) is 4.23. The molecule has 1 rings (SSSR count). The molecule has 0 aromatic rings. The molecule has 0 aliphatic carbocycles. The van der Waals surface area contributed by atoms with Gasteiger partial charge in [-0.2, -0.15) is 11.8 Å². The number of thioether (sulfide) groups is 2. The highest BCUT2D eigenvalue weighted by molar-refractivity contribution is 8.01. The SMILES string of the molecule is CSC=CC(CCCOC1CCCCO1)SC. The molecule has 0 amide bonds. The first kappa shape index (κ1) is 15.4. The van der Waals surface area contributed by atoms with E-state index in [0.29, 0.717) is 5.25 Å². The molecule has 0 radical (unpaired) electrons. The van der Waals surface area contributed by atoms with Crippen LogP contribution in [0.2, 0.25) is 0 Å². The van der Waals surface area contributed by atoms with Gasteiger partial charge in [0.25, 0.3) is 0 Å². The van der Waals surface area contributed by atoms with Gasteiger partial charge < -0.3 is 9.47 Å². The summed E-state index contributed by atoms with van der Waals surface area (Å²) in [6.07, 6.45) is 12.4. The molecular formula is C13H24O2S2. The van der Waals surface area contributed by atoms with Crippen LogP contribution < -0.4 is 0 Å². The zero-order chi connectivity index (χ0) is 12.3. The zero-order valence-corrected chi connectivity index (χ0v) is 12.5. The molecule has 17 heavy (non-hydrogen) atoms. The third-order valence-electron chi connectivity index (χ3n) is 2.81. The van der Waals surface area contributed by atoms with Gasteiger partial charge in [0.1, 0.15) is 0 Å². The minimum Gasteiger partial charge on any atom is -0.353 e. The fraction of sp³-hybridized carbons (Fsp3) is 0.846. The van der Waals surface area contributed by atoms with Crippen LogP contribution in [0.15, 0.2) is 11.5 Å². The number of ether oxygens (including phenoxy) is 2. The Morgan fingerprint density at radius 2 is 2.29 bits per heavy atom. The molecule has 1 aliphatic heterocycles. The normalized spacial score (nSPS) is 23.1. The van der Waals surface area contributed by atoms with E-state index in [1.807, 2.05) is 11.8 Å². The van der Waals surface area contributed by atoms with E-state index >= 15 is 0 Å². The van der Waals surface area contributed by atoms with Crippen LogP contribution in [0, 0.1) is 0 Å². The van der Waals surface area contributed by atoms with Crippen LogP contribution in [-0.2, 0) is 9.47 Å². The summed E-state index contributed by atoms with van der Waals surface area (Å²) in [4.78, 5) is 0. The second kappa shape index (κ2) is 10.3. The van der Waals surface area contributed by atoms with Crippen molar-refractivity contribution in [3.8, 4) is 0 Å². The summed E-state index contributed by atoms with van der Waals surface area (Å²) in [5.74, 6) is 0. The van der Waals surface area contributed by atoms with E-state index in [1.54, 1.807) is 11.8 Å². The minimum atomic E-state index is 0.0678. The van der Waals surface area contributed by atoms with Gasteiger partial charge in [-0.25, -0.2) is 0 Å². The molecule has 0 spiro atoms. The molecule has 0 bridgehead atoms.